The number of halogens is 4. The summed E-state index contributed by atoms with van der Waals surface area (Å²) in [5.74, 6) is -3.78. The van der Waals surface area contributed by atoms with E-state index in [1.165, 1.54) is 19.3 Å². The smallest absolute Gasteiger partial charge is 0.424 e. The highest BCUT2D eigenvalue weighted by Crippen LogP contribution is 2.42. The molecule has 2 atom stereocenters. The molecule has 176 valence electrons. The second kappa shape index (κ2) is 10.2. The molecule has 32 heavy (non-hydrogen) atoms. The SMILES string of the molecule is CC(OC(=O)CNC(=O)C(F)(F)F)OC(=O)N(C)[C@]1(c2ccccc2Cl)CCCCC1=O. The van der Waals surface area contributed by atoms with Crippen LogP contribution < -0.4 is 5.32 Å². The van der Waals surface area contributed by atoms with E-state index in [-0.39, 0.29) is 12.2 Å². The molecule has 2 amide bonds. The number of amides is 2. The maximum atomic E-state index is 13.0. The minimum Gasteiger partial charge on any atom is -0.424 e. The van der Waals surface area contributed by atoms with E-state index in [0.717, 1.165) is 4.90 Å². The van der Waals surface area contributed by atoms with E-state index in [1.807, 2.05) is 0 Å². The number of hydrogen-bond acceptors (Lipinski definition) is 6. The molecular formula is C20H22ClF3N2O6. The fraction of sp³-hybridized carbons (Fsp3) is 0.500. The van der Waals surface area contributed by atoms with E-state index in [4.69, 9.17) is 21.1 Å². The van der Waals surface area contributed by atoms with E-state index in [2.05, 4.69) is 0 Å². The Kier molecular flexibility index (Phi) is 8.11. The third kappa shape index (κ3) is 5.70. The van der Waals surface area contributed by atoms with Crippen LogP contribution in [0.2, 0.25) is 5.02 Å². The van der Waals surface area contributed by atoms with Crippen molar-refractivity contribution in [3.8, 4) is 0 Å². The van der Waals surface area contributed by atoms with Crippen molar-refractivity contribution in [2.45, 2.75) is 50.6 Å². The monoisotopic (exact) mass is 478 g/mol. The Bertz CT molecular complexity index is 894. The van der Waals surface area contributed by atoms with Crippen molar-refractivity contribution < 1.29 is 41.8 Å². The molecule has 0 saturated heterocycles. The predicted molar refractivity (Wildman–Crippen MR) is 105 cm³/mol. The first-order chi connectivity index (χ1) is 14.9. The van der Waals surface area contributed by atoms with Gasteiger partial charge in [-0.25, -0.2) is 4.79 Å². The van der Waals surface area contributed by atoms with Gasteiger partial charge >= 0.3 is 24.1 Å². The average Bonchev–Trinajstić information content (AvgIpc) is 2.71. The lowest BCUT2D eigenvalue weighted by Crippen LogP contribution is -2.55. The Hall–Kier alpha value is -2.82. The average molecular weight is 479 g/mol. The molecule has 1 aromatic carbocycles. The standard InChI is InChI=1S/C20H22ClF3N2O6/c1-12(31-16(28)11-25-17(29)20(22,23)24)32-18(30)26(2)19(10-6-5-9-15(19)27)13-7-3-4-8-14(13)21/h3-4,7-8,12H,5-6,9-11H2,1-2H3,(H,25,29)/t12?,19-/m0/s1. The van der Waals surface area contributed by atoms with Crippen LogP contribution in [0.25, 0.3) is 0 Å². The summed E-state index contributed by atoms with van der Waals surface area (Å²) in [4.78, 5) is 49.2. The number of alkyl halides is 3. The van der Waals surface area contributed by atoms with Gasteiger partial charge in [-0.05, 0) is 25.3 Å². The van der Waals surface area contributed by atoms with Gasteiger partial charge in [0.05, 0.1) is 0 Å². The first kappa shape index (κ1) is 25.4. The van der Waals surface area contributed by atoms with Crippen LogP contribution in [0.3, 0.4) is 0 Å². The molecule has 1 saturated carbocycles. The molecule has 12 heteroatoms. The number of ether oxygens (including phenoxy) is 2. The lowest BCUT2D eigenvalue weighted by atomic mass is 9.74. The third-order valence-corrected chi connectivity index (χ3v) is 5.36. The lowest BCUT2D eigenvalue weighted by molar-refractivity contribution is -0.177. The second-order valence-corrected chi connectivity index (χ2v) is 7.56. The van der Waals surface area contributed by atoms with Gasteiger partial charge in [0.25, 0.3) is 0 Å². The fourth-order valence-corrected chi connectivity index (χ4v) is 3.80. The van der Waals surface area contributed by atoms with Crippen LogP contribution in [0.5, 0.6) is 0 Å². The van der Waals surface area contributed by atoms with Gasteiger partial charge in [0, 0.05) is 31.0 Å². The number of nitrogens with zero attached hydrogens (tertiary/aromatic N) is 1. The molecule has 8 nitrogen and oxygen atoms in total. The zero-order valence-corrected chi connectivity index (χ0v) is 18.1. The zero-order chi connectivity index (χ0) is 24.1. The molecule has 1 fully saturated rings. The van der Waals surface area contributed by atoms with E-state index in [9.17, 15) is 32.3 Å². The number of hydrogen-bond donors (Lipinski definition) is 1. The van der Waals surface area contributed by atoms with E-state index >= 15 is 0 Å². The molecule has 0 aliphatic heterocycles. The molecule has 1 aliphatic carbocycles. The quantitative estimate of drug-likeness (QED) is 0.497. The highest BCUT2D eigenvalue weighted by atomic mass is 35.5. The van der Waals surface area contributed by atoms with Crippen LogP contribution in [0.1, 0.15) is 38.2 Å². The summed E-state index contributed by atoms with van der Waals surface area (Å²) in [6, 6.07) is 6.61. The summed E-state index contributed by atoms with van der Waals surface area (Å²) < 4.78 is 46.2. The number of benzene rings is 1. The van der Waals surface area contributed by atoms with Crippen molar-refractivity contribution in [2.75, 3.05) is 13.6 Å². The number of likely N-dealkylation sites (N-methyl/N-ethyl adjacent to an activating group) is 1. The van der Waals surface area contributed by atoms with Gasteiger partial charge in [-0.1, -0.05) is 29.8 Å². The van der Waals surface area contributed by atoms with Crippen molar-refractivity contribution in [1.82, 2.24) is 10.2 Å². The van der Waals surface area contributed by atoms with Crippen molar-refractivity contribution in [1.29, 1.82) is 0 Å². The van der Waals surface area contributed by atoms with Gasteiger partial charge in [0.2, 0.25) is 6.29 Å². The first-order valence-corrected chi connectivity index (χ1v) is 10.0. The van der Waals surface area contributed by atoms with Crippen LogP contribution in [-0.2, 0) is 29.4 Å². The van der Waals surface area contributed by atoms with Crippen LogP contribution in [0.15, 0.2) is 24.3 Å². The maximum absolute atomic E-state index is 13.0. The minimum atomic E-state index is -5.15. The molecule has 0 spiro atoms. The summed E-state index contributed by atoms with van der Waals surface area (Å²) in [5, 5.41) is 1.64. The van der Waals surface area contributed by atoms with Gasteiger partial charge in [0.15, 0.2) is 5.78 Å². The maximum Gasteiger partial charge on any atom is 0.471 e. The molecule has 1 aromatic rings. The van der Waals surface area contributed by atoms with Crippen LogP contribution >= 0.6 is 11.6 Å². The highest BCUT2D eigenvalue weighted by Gasteiger charge is 2.49. The largest absolute Gasteiger partial charge is 0.471 e. The Labute approximate surface area is 187 Å². The van der Waals surface area contributed by atoms with Gasteiger partial charge < -0.3 is 14.8 Å². The number of rotatable bonds is 6. The molecule has 0 heterocycles. The molecule has 1 unspecified atom stereocenters. The molecule has 0 aromatic heterocycles. The minimum absolute atomic E-state index is 0.226. The second-order valence-electron chi connectivity index (χ2n) is 7.15. The topological polar surface area (TPSA) is 102 Å². The van der Waals surface area contributed by atoms with E-state index in [0.29, 0.717) is 29.8 Å². The third-order valence-electron chi connectivity index (χ3n) is 5.03. The summed E-state index contributed by atoms with van der Waals surface area (Å²) >= 11 is 6.31. The Morgan fingerprint density at radius 1 is 1.22 bits per heavy atom. The van der Waals surface area contributed by atoms with Crippen molar-refractivity contribution in [3.05, 3.63) is 34.9 Å². The number of carbonyl (C=O) groups excluding carboxylic acids is 4. The summed E-state index contributed by atoms with van der Waals surface area (Å²) in [6.07, 6.45) is -5.81. The lowest BCUT2D eigenvalue weighted by Gasteiger charge is -2.43. The number of carbonyl (C=O) groups is 4. The summed E-state index contributed by atoms with van der Waals surface area (Å²) in [5.41, 5.74) is -0.941. The van der Waals surface area contributed by atoms with Crippen molar-refractivity contribution >= 4 is 35.4 Å². The van der Waals surface area contributed by atoms with Crippen LogP contribution in [0.4, 0.5) is 18.0 Å². The Morgan fingerprint density at radius 3 is 2.47 bits per heavy atom. The van der Waals surface area contributed by atoms with Crippen LogP contribution in [-0.4, -0.2) is 54.7 Å². The molecule has 1 aliphatic rings. The van der Waals surface area contributed by atoms with Gasteiger partial charge in [-0.2, -0.15) is 13.2 Å². The normalized spacial score (nSPS) is 19.6. The van der Waals surface area contributed by atoms with Gasteiger partial charge in [-0.3, -0.25) is 19.3 Å². The molecule has 0 radical (unpaired) electrons. The van der Waals surface area contributed by atoms with Gasteiger partial charge in [0.1, 0.15) is 12.1 Å². The molecule has 0 bridgehead atoms. The van der Waals surface area contributed by atoms with E-state index < -0.39 is 42.5 Å². The molecule has 2 rings (SSSR count). The predicted octanol–water partition coefficient (Wildman–Crippen LogP) is 3.31. The molecule has 1 N–H and O–H groups in total. The van der Waals surface area contributed by atoms with Crippen molar-refractivity contribution in [3.63, 3.8) is 0 Å². The number of nitrogens with one attached hydrogen (secondary N) is 1. The Balaban J connectivity index is 2.09. The number of Topliss-reactive ketones (excluding diaryl/α,β-unsaturated/α-hetero) is 1. The first-order valence-electron chi connectivity index (χ1n) is 9.67. The Morgan fingerprint density at radius 2 is 1.88 bits per heavy atom. The molecular weight excluding hydrogens is 457 g/mol. The number of ketones is 1. The van der Waals surface area contributed by atoms with Crippen LogP contribution in [0, 0.1) is 0 Å². The van der Waals surface area contributed by atoms with Gasteiger partial charge in [-0.15, -0.1) is 0 Å². The summed E-state index contributed by atoms with van der Waals surface area (Å²) in [7, 11) is 1.35. The zero-order valence-electron chi connectivity index (χ0n) is 17.3. The summed E-state index contributed by atoms with van der Waals surface area (Å²) in [6.45, 7) is 0.0954. The number of esters is 1. The fourth-order valence-electron chi connectivity index (χ4n) is 3.51. The van der Waals surface area contributed by atoms with E-state index in [1.54, 1.807) is 24.3 Å². The van der Waals surface area contributed by atoms with Crippen molar-refractivity contribution in [2.24, 2.45) is 0 Å². The highest BCUT2D eigenvalue weighted by molar-refractivity contribution is 6.31.